The number of hydrogen-bond acceptors (Lipinski definition) is 6. The number of para-hydroxylation sites is 1. The Balaban J connectivity index is 1.60. The van der Waals surface area contributed by atoms with Gasteiger partial charge in [-0.05, 0) is 41.7 Å². The van der Waals surface area contributed by atoms with Crippen molar-refractivity contribution in [2.24, 2.45) is 10.2 Å². The Labute approximate surface area is 181 Å². The molecule has 7 nitrogen and oxygen atoms in total. The number of nitro groups is 1. The van der Waals surface area contributed by atoms with Gasteiger partial charge in [-0.2, -0.15) is 10.2 Å². The highest BCUT2D eigenvalue weighted by Crippen LogP contribution is 2.35. The van der Waals surface area contributed by atoms with E-state index < -0.39 is 4.92 Å². The van der Waals surface area contributed by atoms with Crippen molar-refractivity contribution in [3.63, 3.8) is 0 Å². The highest BCUT2D eigenvalue weighted by atomic mass is 16.6. The van der Waals surface area contributed by atoms with Crippen molar-refractivity contribution in [1.82, 2.24) is 4.90 Å². The molecule has 2 aliphatic rings. The number of benzene rings is 2. The van der Waals surface area contributed by atoms with Crippen molar-refractivity contribution in [2.75, 3.05) is 26.3 Å². The number of morpholine rings is 1. The number of allylic oxidation sites excluding steroid dienone is 2. The maximum Gasteiger partial charge on any atom is 0.278 e. The van der Waals surface area contributed by atoms with E-state index in [0.29, 0.717) is 18.8 Å². The summed E-state index contributed by atoms with van der Waals surface area (Å²) < 4.78 is 5.53. The molecule has 0 radical (unpaired) electrons. The number of rotatable bonds is 6. The van der Waals surface area contributed by atoms with E-state index >= 15 is 0 Å². The maximum absolute atomic E-state index is 11.1. The van der Waals surface area contributed by atoms with E-state index in [4.69, 9.17) is 4.74 Å². The Bertz CT molecular complexity index is 1050. The van der Waals surface area contributed by atoms with Gasteiger partial charge < -0.3 is 9.64 Å². The molecule has 2 aromatic rings. The molecule has 1 aliphatic carbocycles. The van der Waals surface area contributed by atoms with Crippen LogP contribution in [0, 0.1) is 10.1 Å². The normalized spacial score (nSPS) is 18.6. The number of ether oxygens (including phenoxy) is 1. The third-order valence-electron chi connectivity index (χ3n) is 5.35. The van der Waals surface area contributed by atoms with Gasteiger partial charge in [-0.15, -0.1) is 0 Å². The van der Waals surface area contributed by atoms with Crippen molar-refractivity contribution in [2.45, 2.75) is 12.8 Å². The van der Waals surface area contributed by atoms with Crippen molar-refractivity contribution in [3.05, 3.63) is 92.7 Å². The van der Waals surface area contributed by atoms with Crippen molar-refractivity contribution >= 4 is 24.2 Å². The third kappa shape index (κ3) is 5.13. The van der Waals surface area contributed by atoms with E-state index in [-0.39, 0.29) is 5.69 Å². The fraction of sp³-hybridized carbons (Fsp3) is 0.250. The highest BCUT2D eigenvalue weighted by Gasteiger charge is 2.25. The van der Waals surface area contributed by atoms with E-state index in [1.807, 2.05) is 18.2 Å². The Morgan fingerprint density at radius 3 is 2.42 bits per heavy atom. The largest absolute Gasteiger partial charge is 0.378 e. The molecule has 31 heavy (non-hydrogen) atoms. The van der Waals surface area contributed by atoms with Crippen LogP contribution in [0.25, 0.3) is 6.08 Å². The van der Waals surface area contributed by atoms with Crippen molar-refractivity contribution < 1.29 is 9.66 Å². The average molecular weight is 416 g/mol. The average Bonchev–Trinajstić information content (AvgIpc) is 3.20. The van der Waals surface area contributed by atoms with Crippen molar-refractivity contribution in [3.8, 4) is 0 Å². The minimum atomic E-state index is -0.415. The van der Waals surface area contributed by atoms with Crippen LogP contribution < -0.4 is 0 Å². The Morgan fingerprint density at radius 2 is 1.65 bits per heavy atom. The summed E-state index contributed by atoms with van der Waals surface area (Å²) in [4.78, 5) is 13.1. The molecule has 158 valence electrons. The van der Waals surface area contributed by atoms with Gasteiger partial charge in [0.1, 0.15) is 0 Å². The van der Waals surface area contributed by atoms with Gasteiger partial charge in [-0.3, -0.25) is 10.1 Å². The van der Waals surface area contributed by atoms with E-state index in [1.54, 1.807) is 24.4 Å². The summed E-state index contributed by atoms with van der Waals surface area (Å²) in [6.07, 6.45) is 7.27. The molecule has 0 spiro atoms. The first kappa shape index (κ1) is 20.7. The quantitative estimate of drug-likeness (QED) is 0.395. The van der Waals surface area contributed by atoms with Gasteiger partial charge in [0.25, 0.3) is 5.69 Å². The Hall–Kier alpha value is -3.58. The highest BCUT2D eigenvalue weighted by molar-refractivity contribution is 5.87. The molecule has 0 atom stereocenters. The fourth-order valence-electron chi connectivity index (χ4n) is 3.88. The van der Waals surface area contributed by atoms with E-state index in [9.17, 15) is 10.1 Å². The van der Waals surface area contributed by atoms with Gasteiger partial charge in [0.05, 0.1) is 36.1 Å². The zero-order chi connectivity index (χ0) is 21.5. The molecule has 7 heteroatoms. The standard InChI is InChI=1S/C24H24N4O3/c29-28(30)23-9-5-4-8-21(23)17-25-26-18-22-11-10-20(16-19-6-2-1-3-7-19)24(22)27-12-14-31-15-13-27/h1-9,16-18H,10-15H2/b20-16-,25-17+,26-18+. The molecule has 0 unspecified atom stereocenters. The van der Waals surface area contributed by atoms with Gasteiger partial charge in [0.15, 0.2) is 0 Å². The second-order valence-electron chi connectivity index (χ2n) is 7.36. The van der Waals surface area contributed by atoms with E-state index in [0.717, 1.165) is 31.5 Å². The third-order valence-corrected chi connectivity index (χ3v) is 5.35. The molecule has 2 aromatic carbocycles. The van der Waals surface area contributed by atoms with Gasteiger partial charge in [-0.1, -0.05) is 42.5 Å². The Morgan fingerprint density at radius 1 is 0.935 bits per heavy atom. The lowest BCUT2D eigenvalue weighted by Crippen LogP contribution is -2.36. The predicted molar refractivity (Wildman–Crippen MR) is 122 cm³/mol. The van der Waals surface area contributed by atoms with Gasteiger partial charge in [0.2, 0.25) is 0 Å². The number of hydrogen-bond donors (Lipinski definition) is 0. The number of nitrogens with zero attached hydrogens (tertiary/aromatic N) is 4. The van der Waals surface area contributed by atoms with Crippen LogP contribution in [-0.4, -0.2) is 48.6 Å². The van der Waals surface area contributed by atoms with Gasteiger partial charge >= 0.3 is 0 Å². The summed E-state index contributed by atoms with van der Waals surface area (Å²) in [5.74, 6) is 0. The lowest BCUT2D eigenvalue weighted by Gasteiger charge is -2.31. The van der Waals surface area contributed by atoms with Crippen LogP contribution in [0.1, 0.15) is 24.0 Å². The summed E-state index contributed by atoms with van der Waals surface area (Å²) >= 11 is 0. The summed E-state index contributed by atoms with van der Waals surface area (Å²) in [5.41, 5.74) is 5.25. The molecule has 1 aliphatic heterocycles. The summed E-state index contributed by atoms with van der Waals surface area (Å²) in [6, 6.07) is 16.8. The van der Waals surface area contributed by atoms with E-state index in [2.05, 4.69) is 33.3 Å². The van der Waals surface area contributed by atoms with Crippen LogP contribution in [0.5, 0.6) is 0 Å². The first-order valence-electron chi connectivity index (χ1n) is 10.3. The predicted octanol–water partition coefficient (Wildman–Crippen LogP) is 4.46. The van der Waals surface area contributed by atoms with Crippen LogP contribution in [0.15, 0.2) is 81.6 Å². The summed E-state index contributed by atoms with van der Waals surface area (Å²) in [5, 5.41) is 19.4. The topological polar surface area (TPSA) is 80.3 Å². The molecule has 0 aromatic heterocycles. The van der Waals surface area contributed by atoms with Crippen LogP contribution in [-0.2, 0) is 4.74 Å². The van der Waals surface area contributed by atoms with Gasteiger partial charge in [-0.25, -0.2) is 0 Å². The zero-order valence-electron chi connectivity index (χ0n) is 17.2. The smallest absolute Gasteiger partial charge is 0.278 e. The van der Waals surface area contributed by atoms with Crippen molar-refractivity contribution in [1.29, 1.82) is 0 Å². The molecule has 0 bridgehead atoms. The summed E-state index contributed by atoms with van der Waals surface area (Å²) in [7, 11) is 0. The molecule has 4 rings (SSSR count). The van der Waals surface area contributed by atoms with Crippen LogP contribution >= 0.6 is 0 Å². The molecule has 1 heterocycles. The molecule has 0 N–H and O–H groups in total. The molecular formula is C24H24N4O3. The molecule has 0 amide bonds. The van der Waals surface area contributed by atoms with Gasteiger partial charge in [0, 0.05) is 24.9 Å². The fourth-order valence-corrected chi connectivity index (χ4v) is 3.88. The monoisotopic (exact) mass is 416 g/mol. The Kier molecular flexibility index (Phi) is 6.64. The minimum Gasteiger partial charge on any atom is -0.378 e. The van der Waals surface area contributed by atoms with Crippen LogP contribution in [0.2, 0.25) is 0 Å². The number of nitro benzene ring substituents is 1. The second kappa shape index (κ2) is 9.95. The van der Waals surface area contributed by atoms with Crippen LogP contribution in [0.3, 0.4) is 0 Å². The molecule has 0 saturated carbocycles. The molecule has 1 saturated heterocycles. The first-order chi connectivity index (χ1) is 15.2. The SMILES string of the molecule is O=[N+]([O-])c1ccccc1/C=N/N=C/C1=C(N2CCOCC2)C(=C\c2ccccc2)/CC1. The molecule has 1 fully saturated rings. The second-order valence-corrected chi connectivity index (χ2v) is 7.36. The molecular weight excluding hydrogens is 392 g/mol. The van der Waals surface area contributed by atoms with E-state index in [1.165, 1.54) is 29.1 Å². The van der Waals surface area contributed by atoms with Crippen LogP contribution in [0.4, 0.5) is 5.69 Å². The lowest BCUT2D eigenvalue weighted by atomic mass is 10.1. The first-order valence-corrected chi connectivity index (χ1v) is 10.3. The lowest BCUT2D eigenvalue weighted by molar-refractivity contribution is -0.385. The minimum absolute atomic E-state index is 0.0172. The summed E-state index contributed by atoms with van der Waals surface area (Å²) in [6.45, 7) is 3.11. The zero-order valence-corrected chi connectivity index (χ0v) is 17.2. The maximum atomic E-state index is 11.1.